The maximum absolute atomic E-state index is 4.56. The molecular weight excluding hydrogens is 649 g/mol. The molecule has 0 spiro atoms. The van der Waals surface area contributed by atoms with Crippen molar-refractivity contribution in [3.05, 3.63) is 203 Å². The predicted octanol–water partition coefficient (Wildman–Crippen LogP) is 13.6. The summed E-state index contributed by atoms with van der Waals surface area (Å²) in [6.07, 6.45) is 22.2. The third kappa shape index (κ3) is 8.47. The van der Waals surface area contributed by atoms with E-state index in [0.29, 0.717) is 0 Å². The molecule has 6 rings (SSSR count). The first-order valence-corrected chi connectivity index (χ1v) is 21.1. The lowest BCUT2D eigenvalue weighted by Gasteiger charge is -2.42. The van der Waals surface area contributed by atoms with Gasteiger partial charge in [-0.2, -0.15) is 11.8 Å². The van der Waals surface area contributed by atoms with Crippen molar-refractivity contribution in [2.45, 2.75) is 52.2 Å². The normalized spacial score (nSPS) is 18.3. The Morgan fingerprint density at radius 3 is 1.94 bits per heavy atom. The highest BCUT2D eigenvalue weighted by Crippen LogP contribution is 2.73. The lowest BCUT2D eigenvalue weighted by Crippen LogP contribution is -2.05. The van der Waals surface area contributed by atoms with Crippen LogP contribution in [0.3, 0.4) is 0 Å². The molecule has 4 aromatic carbocycles. The second-order valence-electron chi connectivity index (χ2n) is 12.2. The summed E-state index contributed by atoms with van der Waals surface area (Å²) in [6, 6.07) is 42.8. The van der Waals surface area contributed by atoms with Crippen LogP contribution in [-0.2, 0) is 6.42 Å². The Hall–Kier alpha value is -3.89. The van der Waals surface area contributed by atoms with Gasteiger partial charge >= 0.3 is 0 Å². The number of allylic oxidation sites excluding steroid dienone is 10. The standard InChI is InChI=1S/C46H46S3/c1-3-17-44-37(2)27-28-39(18-16-34-48-46-26-15-7-14-25-45(44)46)36-47-35-33-38-29-31-43(32-30-38)49(40-19-8-4-9-20-40,41-21-10-5-11-22-41)42-23-12-6-13-24-42/h4-24,26,28-32H,2-3,25,27,33-36H2,1H3/b18-16-,39-28+,44-17-. The van der Waals surface area contributed by atoms with Crippen LogP contribution >= 0.6 is 33.6 Å². The Bertz CT molecular complexity index is 1780. The number of hydrogen-bond acceptors (Lipinski definition) is 2. The summed E-state index contributed by atoms with van der Waals surface area (Å²) in [7, 11) is -1.65. The van der Waals surface area contributed by atoms with Gasteiger partial charge in [0.2, 0.25) is 0 Å². The Morgan fingerprint density at radius 2 is 1.33 bits per heavy atom. The average molecular weight is 695 g/mol. The summed E-state index contributed by atoms with van der Waals surface area (Å²) >= 11 is 3.96. The maximum atomic E-state index is 4.56. The first-order chi connectivity index (χ1) is 24.2. The van der Waals surface area contributed by atoms with E-state index in [1.165, 1.54) is 52.3 Å². The molecule has 0 saturated heterocycles. The molecule has 1 aliphatic carbocycles. The lowest BCUT2D eigenvalue weighted by atomic mass is 9.92. The molecule has 2 aliphatic rings. The van der Waals surface area contributed by atoms with Crippen molar-refractivity contribution in [2.24, 2.45) is 0 Å². The molecule has 1 heterocycles. The Labute approximate surface area is 304 Å². The highest BCUT2D eigenvalue weighted by molar-refractivity contribution is 8.34. The molecule has 0 radical (unpaired) electrons. The van der Waals surface area contributed by atoms with E-state index in [0.717, 1.165) is 42.9 Å². The van der Waals surface area contributed by atoms with Gasteiger partial charge < -0.3 is 0 Å². The van der Waals surface area contributed by atoms with Gasteiger partial charge in [-0.3, -0.25) is 0 Å². The minimum atomic E-state index is -1.65. The number of benzene rings is 4. The molecule has 248 valence electrons. The van der Waals surface area contributed by atoms with Crippen LogP contribution in [0, 0.1) is 0 Å². The van der Waals surface area contributed by atoms with Crippen molar-refractivity contribution in [3.8, 4) is 0 Å². The molecule has 1 aliphatic heterocycles. The molecule has 0 nitrogen and oxygen atoms in total. The molecule has 0 N–H and O–H groups in total. The molecule has 0 amide bonds. The van der Waals surface area contributed by atoms with Crippen LogP contribution < -0.4 is 0 Å². The molecule has 0 unspecified atom stereocenters. The Balaban J connectivity index is 1.17. The lowest BCUT2D eigenvalue weighted by molar-refractivity contribution is 1.11. The first-order valence-electron chi connectivity index (χ1n) is 17.3. The molecule has 3 heteroatoms. The van der Waals surface area contributed by atoms with Crippen LogP contribution in [0.1, 0.15) is 31.7 Å². The van der Waals surface area contributed by atoms with E-state index in [1.54, 1.807) is 0 Å². The number of rotatable bonds is 10. The van der Waals surface area contributed by atoms with E-state index in [2.05, 4.69) is 177 Å². The monoisotopic (exact) mass is 694 g/mol. The average Bonchev–Trinajstić information content (AvgIpc) is 3.40. The molecule has 0 atom stereocenters. The molecule has 0 saturated carbocycles. The van der Waals surface area contributed by atoms with E-state index < -0.39 is 10.0 Å². The quantitative estimate of drug-likeness (QED) is 0.152. The topological polar surface area (TPSA) is 0 Å². The van der Waals surface area contributed by atoms with Crippen molar-refractivity contribution in [3.63, 3.8) is 0 Å². The van der Waals surface area contributed by atoms with E-state index in [4.69, 9.17) is 0 Å². The first kappa shape index (κ1) is 35.0. The summed E-state index contributed by atoms with van der Waals surface area (Å²) in [5, 5.41) is 0. The van der Waals surface area contributed by atoms with Crippen LogP contribution in [0.2, 0.25) is 0 Å². The largest absolute Gasteiger partial charge is 0.157 e. The van der Waals surface area contributed by atoms with Gasteiger partial charge in [-0.1, -0.05) is 123 Å². The van der Waals surface area contributed by atoms with E-state index >= 15 is 0 Å². The van der Waals surface area contributed by atoms with Crippen molar-refractivity contribution in [2.75, 3.05) is 17.3 Å². The van der Waals surface area contributed by atoms with Gasteiger partial charge in [0, 0.05) is 36.0 Å². The number of thioether (sulfide) groups is 2. The van der Waals surface area contributed by atoms with Crippen LogP contribution in [0.25, 0.3) is 0 Å². The zero-order chi connectivity index (χ0) is 33.7. The fourth-order valence-corrected chi connectivity index (χ4v) is 12.2. The summed E-state index contributed by atoms with van der Waals surface area (Å²) < 4.78 is 0. The maximum Gasteiger partial charge on any atom is 0.0181 e. The van der Waals surface area contributed by atoms with Gasteiger partial charge in [0.15, 0.2) is 0 Å². The molecule has 49 heavy (non-hydrogen) atoms. The van der Waals surface area contributed by atoms with Crippen LogP contribution in [0.5, 0.6) is 0 Å². The van der Waals surface area contributed by atoms with Gasteiger partial charge in [0.1, 0.15) is 0 Å². The zero-order valence-corrected chi connectivity index (χ0v) is 30.9. The SMILES string of the molecule is C=C1C/C=C(CSCCc2ccc(S(c3ccccc3)(c3ccccc3)c3ccccc3)cc2)\C=C/CSC2=C(CC=CC=C2)/C1=C\CC. The van der Waals surface area contributed by atoms with Gasteiger partial charge in [-0.25, -0.2) is 0 Å². The minimum Gasteiger partial charge on any atom is -0.157 e. The van der Waals surface area contributed by atoms with E-state index in [9.17, 15) is 0 Å². The van der Waals surface area contributed by atoms with Crippen LogP contribution in [-0.4, -0.2) is 17.3 Å². The van der Waals surface area contributed by atoms with Gasteiger partial charge in [0.25, 0.3) is 0 Å². The third-order valence-electron chi connectivity index (χ3n) is 8.88. The van der Waals surface area contributed by atoms with Gasteiger partial charge in [-0.15, -0.1) is 21.8 Å². The smallest absolute Gasteiger partial charge is 0.0181 e. The van der Waals surface area contributed by atoms with Crippen LogP contribution in [0.4, 0.5) is 0 Å². The molecular formula is C46H46S3. The van der Waals surface area contributed by atoms with Crippen molar-refractivity contribution in [1.82, 2.24) is 0 Å². The highest BCUT2D eigenvalue weighted by atomic mass is 32.3. The summed E-state index contributed by atoms with van der Waals surface area (Å²) in [5.41, 5.74) is 6.76. The van der Waals surface area contributed by atoms with Crippen molar-refractivity contribution >= 4 is 33.6 Å². The fraction of sp³-hybridized carbons (Fsp3) is 0.174. The summed E-state index contributed by atoms with van der Waals surface area (Å²) in [4.78, 5) is 6.81. The fourth-order valence-electron chi connectivity index (χ4n) is 6.48. The minimum absolute atomic E-state index is 0.886. The predicted molar refractivity (Wildman–Crippen MR) is 219 cm³/mol. The molecule has 4 aromatic rings. The molecule has 0 fully saturated rings. The van der Waals surface area contributed by atoms with E-state index in [-0.39, 0.29) is 0 Å². The molecule has 0 bridgehead atoms. The van der Waals surface area contributed by atoms with Gasteiger partial charge in [-0.05, 0) is 114 Å². The Morgan fingerprint density at radius 1 is 0.714 bits per heavy atom. The van der Waals surface area contributed by atoms with Crippen molar-refractivity contribution in [1.29, 1.82) is 0 Å². The molecule has 0 aromatic heterocycles. The summed E-state index contributed by atoms with van der Waals surface area (Å²) in [6.45, 7) is 6.78. The zero-order valence-electron chi connectivity index (χ0n) is 28.5. The second-order valence-corrected chi connectivity index (χ2v) is 17.4. The third-order valence-corrected chi connectivity index (χ3v) is 14.9. The summed E-state index contributed by atoms with van der Waals surface area (Å²) in [5.74, 6) is 3.07. The highest BCUT2D eigenvalue weighted by Gasteiger charge is 2.32. The number of aryl methyl sites for hydroxylation is 1. The Kier molecular flexibility index (Phi) is 12.6. The van der Waals surface area contributed by atoms with Gasteiger partial charge in [0.05, 0.1) is 0 Å². The van der Waals surface area contributed by atoms with E-state index in [1.807, 2.05) is 23.5 Å². The number of hydrogen-bond donors (Lipinski definition) is 0. The van der Waals surface area contributed by atoms with Crippen LogP contribution in [0.15, 0.2) is 217 Å². The van der Waals surface area contributed by atoms with Crippen molar-refractivity contribution < 1.29 is 0 Å². The second kappa shape index (κ2) is 17.7.